The van der Waals surface area contributed by atoms with Crippen molar-refractivity contribution in [3.63, 3.8) is 0 Å². The van der Waals surface area contributed by atoms with Gasteiger partial charge in [-0.25, -0.2) is 0 Å². The van der Waals surface area contributed by atoms with Crippen molar-refractivity contribution in [3.8, 4) is 0 Å². The van der Waals surface area contributed by atoms with Crippen LogP contribution in [0.2, 0.25) is 0 Å². The molecule has 3 N–H and O–H groups in total. The predicted octanol–water partition coefficient (Wildman–Crippen LogP) is 3.17. The second-order valence-electron chi connectivity index (χ2n) is 4.62. The summed E-state index contributed by atoms with van der Waals surface area (Å²) < 4.78 is 0. The van der Waals surface area contributed by atoms with Gasteiger partial charge in [-0.15, -0.1) is 0 Å². The van der Waals surface area contributed by atoms with E-state index in [1.54, 1.807) is 0 Å². The first-order valence-corrected chi connectivity index (χ1v) is 6.06. The second-order valence-corrected chi connectivity index (χ2v) is 5.06. The smallest absolute Gasteiger partial charge is 0.103 e. The van der Waals surface area contributed by atoms with E-state index in [0.717, 1.165) is 17.7 Å². The number of hydrogen-bond acceptors (Lipinski definition) is 2. The van der Waals surface area contributed by atoms with E-state index in [1.807, 2.05) is 24.3 Å². The predicted molar refractivity (Wildman–Crippen MR) is 74.9 cm³/mol. The molecule has 0 aliphatic rings. The molecule has 1 aromatic carbocycles. The number of thiocarbonyl (C=S) groups is 1. The molecule has 2 nitrogen and oxygen atoms in total. The van der Waals surface area contributed by atoms with Gasteiger partial charge in [-0.2, -0.15) is 0 Å². The van der Waals surface area contributed by atoms with Crippen molar-refractivity contribution < 1.29 is 0 Å². The molecule has 0 aromatic heterocycles. The molecule has 1 unspecified atom stereocenters. The Morgan fingerprint density at radius 3 is 2.25 bits per heavy atom. The van der Waals surface area contributed by atoms with Gasteiger partial charge < -0.3 is 11.1 Å². The summed E-state index contributed by atoms with van der Waals surface area (Å²) in [6.07, 6.45) is 1.16. The quantitative estimate of drug-likeness (QED) is 0.771. The zero-order valence-electron chi connectivity index (χ0n) is 10.2. The Morgan fingerprint density at radius 1 is 1.25 bits per heavy atom. The van der Waals surface area contributed by atoms with Gasteiger partial charge in [0.15, 0.2) is 0 Å². The van der Waals surface area contributed by atoms with Crippen molar-refractivity contribution in [3.05, 3.63) is 29.8 Å². The zero-order chi connectivity index (χ0) is 12.1. The van der Waals surface area contributed by atoms with Gasteiger partial charge in [0.2, 0.25) is 0 Å². The van der Waals surface area contributed by atoms with Gasteiger partial charge in [-0.1, -0.05) is 26.1 Å². The molecule has 16 heavy (non-hydrogen) atoms. The lowest BCUT2D eigenvalue weighted by Gasteiger charge is -2.17. The van der Waals surface area contributed by atoms with E-state index >= 15 is 0 Å². The fourth-order valence-electron chi connectivity index (χ4n) is 1.78. The Morgan fingerprint density at radius 2 is 1.81 bits per heavy atom. The summed E-state index contributed by atoms with van der Waals surface area (Å²) in [5, 5.41) is 3.46. The van der Waals surface area contributed by atoms with Gasteiger partial charge >= 0.3 is 0 Å². The maximum Gasteiger partial charge on any atom is 0.103 e. The topological polar surface area (TPSA) is 38.0 Å². The van der Waals surface area contributed by atoms with Crippen molar-refractivity contribution in [2.45, 2.75) is 33.2 Å². The van der Waals surface area contributed by atoms with Crippen molar-refractivity contribution >= 4 is 22.9 Å². The van der Waals surface area contributed by atoms with Crippen molar-refractivity contribution in [2.75, 3.05) is 5.32 Å². The minimum absolute atomic E-state index is 0.446. The Kier molecular flexibility index (Phi) is 4.74. The van der Waals surface area contributed by atoms with E-state index in [0.29, 0.717) is 16.9 Å². The van der Waals surface area contributed by atoms with Crippen molar-refractivity contribution in [2.24, 2.45) is 11.7 Å². The fourth-order valence-corrected chi connectivity index (χ4v) is 1.92. The highest BCUT2D eigenvalue weighted by Gasteiger charge is 2.04. The summed E-state index contributed by atoms with van der Waals surface area (Å²) in [5.74, 6) is 0.707. The Hall–Kier alpha value is -1.09. The highest BCUT2D eigenvalue weighted by molar-refractivity contribution is 7.80. The highest BCUT2D eigenvalue weighted by atomic mass is 32.1. The first kappa shape index (κ1) is 13.0. The fraction of sp³-hybridized carbons (Fsp3) is 0.462. The third-order valence-corrected chi connectivity index (χ3v) is 2.64. The largest absolute Gasteiger partial charge is 0.389 e. The minimum Gasteiger partial charge on any atom is -0.389 e. The van der Waals surface area contributed by atoms with E-state index in [4.69, 9.17) is 18.0 Å². The molecule has 0 aliphatic heterocycles. The molecule has 0 saturated carbocycles. The summed E-state index contributed by atoms with van der Waals surface area (Å²) >= 11 is 4.91. The van der Waals surface area contributed by atoms with Gasteiger partial charge in [0.25, 0.3) is 0 Å². The molecule has 0 aliphatic carbocycles. The molecule has 0 heterocycles. The molecular formula is C13H20N2S. The first-order chi connectivity index (χ1) is 7.49. The van der Waals surface area contributed by atoms with Crippen LogP contribution in [-0.2, 0) is 0 Å². The standard InChI is InChI=1S/C13H20N2S/c1-9(2)8-10(3)15-12-6-4-11(5-7-12)13(14)16/h4-7,9-10,15H,8H2,1-3H3,(H2,14,16). The molecule has 1 rings (SSSR count). The van der Waals surface area contributed by atoms with Gasteiger partial charge in [0, 0.05) is 17.3 Å². The van der Waals surface area contributed by atoms with Crippen LogP contribution in [0.1, 0.15) is 32.8 Å². The lowest BCUT2D eigenvalue weighted by Crippen LogP contribution is -2.17. The number of rotatable bonds is 5. The Balaban J connectivity index is 2.58. The van der Waals surface area contributed by atoms with Gasteiger partial charge in [0.1, 0.15) is 4.99 Å². The molecule has 0 fully saturated rings. The van der Waals surface area contributed by atoms with Gasteiger partial charge in [-0.05, 0) is 43.5 Å². The summed E-state index contributed by atoms with van der Waals surface area (Å²) in [6.45, 7) is 6.66. The van der Waals surface area contributed by atoms with Crippen molar-refractivity contribution in [1.29, 1.82) is 0 Å². The van der Waals surface area contributed by atoms with E-state index in [2.05, 4.69) is 26.1 Å². The SMILES string of the molecule is CC(C)CC(C)Nc1ccc(C(N)=S)cc1. The molecule has 88 valence electrons. The molecule has 0 saturated heterocycles. The monoisotopic (exact) mass is 236 g/mol. The second kappa shape index (κ2) is 5.85. The van der Waals surface area contributed by atoms with Crippen LogP contribution < -0.4 is 11.1 Å². The Bertz CT molecular complexity index is 343. The van der Waals surface area contributed by atoms with E-state index < -0.39 is 0 Å². The van der Waals surface area contributed by atoms with E-state index in [9.17, 15) is 0 Å². The van der Waals surface area contributed by atoms with Crippen LogP contribution in [0.5, 0.6) is 0 Å². The van der Waals surface area contributed by atoms with Gasteiger partial charge in [-0.3, -0.25) is 0 Å². The number of anilines is 1. The number of hydrogen-bond donors (Lipinski definition) is 2. The average molecular weight is 236 g/mol. The summed E-state index contributed by atoms with van der Waals surface area (Å²) in [5.41, 5.74) is 7.57. The molecule has 0 amide bonds. The Labute approximate surface area is 103 Å². The van der Waals surface area contributed by atoms with Crippen LogP contribution in [0.4, 0.5) is 5.69 Å². The minimum atomic E-state index is 0.446. The van der Waals surface area contributed by atoms with Crippen LogP contribution in [0.25, 0.3) is 0 Å². The average Bonchev–Trinajstić information content (AvgIpc) is 2.16. The van der Waals surface area contributed by atoms with E-state index in [-0.39, 0.29) is 0 Å². The zero-order valence-corrected chi connectivity index (χ0v) is 11.0. The lowest BCUT2D eigenvalue weighted by atomic mass is 10.0. The molecule has 1 aromatic rings. The van der Waals surface area contributed by atoms with Gasteiger partial charge in [0.05, 0.1) is 0 Å². The maximum absolute atomic E-state index is 5.54. The highest BCUT2D eigenvalue weighted by Crippen LogP contribution is 2.14. The van der Waals surface area contributed by atoms with Crippen LogP contribution in [0, 0.1) is 5.92 Å². The summed E-state index contributed by atoms with van der Waals surface area (Å²) in [7, 11) is 0. The maximum atomic E-state index is 5.54. The number of nitrogens with one attached hydrogen (secondary N) is 1. The van der Waals surface area contributed by atoms with Crippen molar-refractivity contribution in [1.82, 2.24) is 0 Å². The van der Waals surface area contributed by atoms with Crippen LogP contribution in [-0.4, -0.2) is 11.0 Å². The lowest BCUT2D eigenvalue weighted by molar-refractivity contribution is 0.540. The number of nitrogens with two attached hydrogens (primary N) is 1. The van der Waals surface area contributed by atoms with E-state index in [1.165, 1.54) is 0 Å². The van der Waals surface area contributed by atoms with Crippen LogP contribution in [0.15, 0.2) is 24.3 Å². The first-order valence-electron chi connectivity index (χ1n) is 5.65. The van der Waals surface area contributed by atoms with Crippen LogP contribution in [0.3, 0.4) is 0 Å². The molecule has 1 atom stereocenters. The molecular weight excluding hydrogens is 216 g/mol. The third kappa shape index (κ3) is 4.19. The van der Waals surface area contributed by atoms with Crippen LogP contribution >= 0.6 is 12.2 Å². The molecule has 0 bridgehead atoms. The normalized spacial score (nSPS) is 12.5. The molecule has 0 radical (unpaired) electrons. The summed E-state index contributed by atoms with van der Waals surface area (Å²) in [4.78, 5) is 0.446. The molecule has 3 heteroatoms. The molecule has 0 spiro atoms. The summed E-state index contributed by atoms with van der Waals surface area (Å²) in [6, 6.07) is 8.42. The number of benzene rings is 1. The third-order valence-electron chi connectivity index (χ3n) is 2.41.